The number of aromatic nitrogens is 3. The summed E-state index contributed by atoms with van der Waals surface area (Å²) in [6.07, 6.45) is 13.2. The molecule has 1 aliphatic carbocycles. The van der Waals surface area contributed by atoms with Crippen LogP contribution in [0.1, 0.15) is 56.7 Å². The summed E-state index contributed by atoms with van der Waals surface area (Å²) in [6.45, 7) is 3.28. The minimum atomic E-state index is 0.601. The molecule has 2 heterocycles. The largest absolute Gasteiger partial charge is 0.317 e. The van der Waals surface area contributed by atoms with E-state index in [9.17, 15) is 0 Å². The molecule has 0 amide bonds. The van der Waals surface area contributed by atoms with Gasteiger partial charge in [-0.05, 0) is 58.0 Å². The van der Waals surface area contributed by atoms with Gasteiger partial charge < -0.3 is 9.88 Å². The van der Waals surface area contributed by atoms with Gasteiger partial charge in [0.1, 0.15) is 12.2 Å². The number of nitrogens with zero attached hydrogens (tertiary/aromatic N) is 3. The molecule has 2 aliphatic rings. The zero-order valence-corrected chi connectivity index (χ0v) is 11.6. The van der Waals surface area contributed by atoms with Crippen molar-refractivity contribution in [2.24, 2.45) is 0 Å². The van der Waals surface area contributed by atoms with Crippen molar-refractivity contribution in [2.75, 3.05) is 13.1 Å². The summed E-state index contributed by atoms with van der Waals surface area (Å²) in [5.41, 5.74) is 1.64. The molecule has 0 aromatic carbocycles. The fraction of sp³-hybridized carbons (Fsp3) is 0.733. The summed E-state index contributed by atoms with van der Waals surface area (Å²) in [4.78, 5) is 0. The number of rotatable bonds is 4. The van der Waals surface area contributed by atoms with Gasteiger partial charge in [-0.2, -0.15) is 0 Å². The molecule has 104 valence electrons. The Labute approximate surface area is 115 Å². The third kappa shape index (κ3) is 3.24. The number of piperidine rings is 1. The van der Waals surface area contributed by atoms with E-state index >= 15 is 0 Å². The number of aryl methyl sites for hydroxylation is 1. The van der Waals surface area contributed by atoms with Crippen molar-refractivity contribution in [3.8, 4) is 0 Å². The molecule has 1 fully saturated rings. The minimum absolute atomic E-state index is 0.601. The zero-order valence-electron chi connectivity index (χ0n) is 11.6. The van der Waals surface area contributed by atoms with E-state index in [2.05, 4.69) is 26.2 Å². The summed E-state index contributed by atoms with van der Waals surface area (Å²) in [7, 11) is 0. The number of hydrogen-bond acceptors (Lipinski definition) is 3. The van der Waals surface area contributed by atoms with Gasteiger partial charge in [-0.1, -0.05) is 11.6 Å². The van der Waals surface area contributed by atoms with Crippen molar-refractivity contribution in [3.63, 3.8) is 0 Å². The van der Waals surface area contributed by atoms with E-state index in [-0.39, 0.29) is 0 Å². The average molecular weight is 260 g/mol. The van der Waals surface area contributed by atoms with Crippen LogP contribution in [-0.4, -0.2) is 27.9 Å². The van der Waals surface area contributed by atoms with Gasteiger partial charge in [0.2, 0.25) is 0 Å². The Morgan fingerprint density at radius 2 is 2.16 bits per heavy atom. The maximum absolute atomic E-state index is 4.37. The van der Waals surface area contributed by atoms with Crippen molar-refractivity contribution in [3.05, 3.63) is 23.8 Å². The molecule has 1 saturated heterocycles. The summed E-state index contributed by atoms with van der Waals surface area (Å²) < 4.78 is 2.28. The van der Waals surface area contributed by atoms with E-state index in [1.807, 2.05) is 6.33 Å². The molecule has 0 unspecified atom stereocenters. The van der Waals surface area contributed by atoms with Gasteiger partial charge in [0, 0.05) is 12.5 Å². The lowest BCUT2D eigenvalue weighted by Gasteiger charge is -2.22. The zero-order chi connectivity index (χ0) is 12.9. The Bertz CT molecular complexity index is 429. The van der Waals surface area contributed by atoms with Crippen molar-refractivity contribution >= 4 is 0 Å². The van der Waals surface area contributed by atoms with Gasteiger partial charge in [0.25, 0.3) is 0 Å². The maximum atomic E-state index is 4.37. The van der Waals surface area contributed by atoms with E-state index in [1.165, 1.54) is 50.8 Å². The third-order valence-electron chi connectivity index (χ3n) is 4.41. The predicted molar refractivity (Wildman–Crippen MR) is 76.0 cm³/mol. The van der Waals surface area contributed by atoms with E-state index < -0.39 is 0 Å². The number of allylic oxidation sites excluding steroid dienone is 2. The van der Waals surface area contributed by atoms with Crippen LogP contribution in [0.5, 0.6) is 0 Å². The summed E-state index contributed by atoms with van der Waals surface area (Å²) in [6, 6.07) is 0. The molecule has 0 saturated carbocycles. The molecule has 4 nitrogen and oxygen atoms in total. The first kappa shape index (κ1) is 12.9. The lowest BCUT2D eigenvalue weighted by molar-refractivity contribution is 0.428. The van der Waals surface area contributed by atoms with Crippen molar-refractivity contribution in [2.45, 2.75) is 57.4 Å². The van der Waals surface area contributed by atoms with Gasteiger partial charge in [0.05, 0.1) is 0 Å². The highest BCUT2D eigenvalue weighted by atomic mass is 15.3. The second kappa shape index (κ2) is 6.33. The van der Waals surface area contributed by atoms with Gasteiger partial charge in [0.15, 0.2) is 0 Å². The molecule has 0 spiro atoms. The highest BCUT2D eigenvalue weighted by Crippen LogP contribution is 2.25. The Hall–Kier alpha value is -1.16. The number of hydrogen-bond donors (Lipinski definition) is 1. The molecule has 19 heavy (non-hydrogen) atoms. The molecule has 1 aromatic heterocycles. The highest BCUT2D eigenvalue weighted by Gasteiger charge is 2.20. The van der Waals surface area contributed by atoms with Crippen LogP contribution in [-0.2, 0) is 6.54 Å². The Kier molecular flexibility index (Phi) is 4.28. The smallest absolute Gasteiger partial charge is 0.136 e. The van der Waals surface area contributed by atoms with Gasteiger partial charge in [-0.25, -0.2) is 0 Å². The van der Waals surface area contributed by atoms with Crippen LogP contribution in [0.3, 0.4) is 0 Å². The molecule has 0 radical (unpaired) electrons. The lowest BCUT2D eigenvalue weighted by atomic mass is 9.96. The van der Waals surface area contributed by atoms with E-state index in [1.54, 1.807) is 5.57 Å². The molecular formula is C15H24N4. The molecule has 1 N–H and O–H groups in total. The van der Waals surface area contributed by atoms with Crippen molar-refractivity contribution < 1.29 is 0 Å². The monoisotopic (exact) mass is 260 g/mol. The molecule has 4 heteroatoms. The molecule has 3 rings (SSSR count). The topological polar surface area (TPSA) is 42.7 Å². The van der Waals surface area contributed by atoms with Crippen LogP contribution in [0.15, 0.2) is 18.0 Å². The first-order valence-corrected chi connectivity index (χ1v) is 7.70. The first-order valence-electron chi connectivity index (χ1n) is 7.70. The molecule has 1 aliphatic heterocycles. The second-order valence-electron chi connectivity index (χ2n) is 5.76. The molecular weight excluding hydrogens is 236 g/mol. The van der Waals surface area contributed by atoms with E-state index in [4.69, 9.17) is 0 Å². The standard InChI is InChI=1S/C15H24N4/c1-2-4-13(5-3-1)8-11-19-12-17-18-15(19)14-6-9-16-10-7-14/h4,12,14,16H,1-3,5-11H2. The fourth-order valence-electron chi connectivity index (χ4n) is 3.23. The van der Waals surface area contributed by atoms with Crippen LogP contribution in [0, 0.1) is 0 Å². The van der Waals surface area contributed by atoms with Crippen LogP contribution in [0.25, 0.3) is 0 Å². The SMILES string of the molecule is C1=C(CCn2cnnc2C2CCNCC2)CCCC1. The van der Waals surface area contributed by atoms with E-state index in [0.717, 1.165) is 19.6 Å². The number of nitrogens with one attached hydrogen (secondary N) is 1. The maximum Gasteiger partial charge on any atom is 0.136 e. The highest BCUT2D eigenvalue weighted by molar-refractivity contribution is 5.06. The second-order valence-corrected chi connectivity index (χ2v) is 5.76. The van der Waals surface area contributed by atoms with Crippen LogP contribution >= 0.6 is 0 Å². The van der Waals surface area contributed by atoms with Crippen LogP contribution in [0.4, 0.5) is 0 Å². The van der Waals surface area contributed by atoms with Crippen LogP contribution in [0.2, 0.25) is 0 Å². The van der Waals surface area contributed by atoms with Gasteiger partial charge in [-0.15, -0.1) is 10.2 Å². The van der Waals surface area contributed by atoms with Crippen LogP contribution < -0.4 is 5.32 Å². The minimum Gasteiger partial charge on any atom is -0.317 e. The molecule has 0 atom stereocenters. The Morgan fingerprint density at radius 3 is 2.95 bits per heavy atom. The van der Waals surface area contributed by atoms with Gasteiger partial charge >= 0.3 is 0 Å². The normalized spacial score (nSPS) is 21.4. The fourth-order valence-corrected chi connectivity index (χ4v) is 3.23. The Morgan fingerprint density at radius 1 is 1.26 bits per heavy atom. The van der Waals surface area contributed by atoms with Gasteiger partial charge in [-0.3, -0.25) is 0 Å². The summed E-state index contributed by atoms with van der Waals surface area (Å²) >= 11 is 0. The lowest BCUT2D eigenvalue weighted by Crippen LogP contribution is -2.28. The van der Waals surface area contributed by atoms with E-state index in [0.29, 0.717) is 5.92 Å². The quantitative estimate of drug-likeness (QED) is 0.846. The third-order valence-corrected chi connectivity index (χ3v) is 4.41. The molecule has 1 aromatic rings. The average Bonchev–Trinajstić information content (AvgIpc) is 2.95. The summed E-state index contributed by atoms with van der Waals surface area (Å²) in [5, 5.41) is 11.9. The molecule has 0 bridgehead atoms. The summed E-state index contributed by atoms with van der Waals surface area (Å²) in [5.74, 6) is 1.81. The van der Waals surface area contributed by atoms with Crippen molar-refractivity contribution in [1.82, 2.24) is 20.1 Å². The van der Waals surface area contributed by atoms with Crippen molar-refractivity contribution in [1.29, 1.82) is 0 Å². The Balaban J connectivity index is 1.61. The first-order chi connectivity index (χ1) is 9.43. The predicted octanol–water partition coefficient (Wildman–Crippen LogP) is 2.64.